The molecule has 0 radical (unpaired) electrons. The van der Waals surface area contributed by atoms with Gasteiger partial charge in [-0.15, -0.1) is 0 Å². The molecule has 2 heterocycles. The highest BCUT2D eigenvalue weighted by Crippen LogP contribution is 2.33. The van der Waals surface area contributed by atoms with Crippen LogP contribution in [0.3, 0.4) is 0 Å². The number of benzene rings is 1. The molecule has 1 aromatic carbocycles. The Bertz CT molecular complexity index is 701. The number of Topliss-reactive ketones (excluding diaryl/α,β-unsaturated/α-hetero) is 1. The molecule has 3 rings (SSSR count). The van der Waals surface area contributed by atoms with Crippen molar-refractivity contribution in [3.8, 4) is 5.75 Å². The summed E-state index contributed by atoms with van der Waals surface area (Å²) in [6.07, 6.45) is 2.70. The van der Waals surface area contributed by atoms with Crippen LogP contribution >= 0.6 is 11.6 Å². The first-order chi connectivity index (χ1) is 10.2. The van der Waals surface area contributed by atoms with Gasteiger partial charge in [0.2, 0.25) is 0 Å². The molecule has 1 aliphatic rings. The lowest BCUT2D eigenvalue weighted by atomic mass is 10.00. The molecule has 2 aromatic rings. The van der Waals surface area contributed by atoms with Crippen LogP contribution in [0.25, 0.3) is 0 Å². The second kappa shape index (κ2) is 5.84. The highest BCUT2D eigenvalue weighted by atomic mass is 35.5. The molecule has 0 spiro atoms. The normalized spacial score (nSPS) is 12.9. The van der Waals surface area contributed by atoms with Crippen LogP contribution in [0, 0.1) is 0 Å². The fourth-order valence-electron chi connectivity index (χ4n) is 2.52. The second-order valence-electron chi connectivity index (χ2n) is 4.99. The molecule has 1 aliphatic heterocycles. The SMILES string of the molecule is NCc1cc(C(=O)Cc2cc(Cl)cc3c2OCC3)ccn1. The molecule has 1 aromatic heterocycles. The third-order valence-electron chi connectivity index (χ3n) is 3.52. The van der Waals surface area contributed by atoms with Gasteiger partial charge in [0.1, 0.15) is 5.75 Å². The molecule has 0 unspecified atom stereocenters. The third-order valence-corrected chi connectivity index (χ3v) is 3.74. The number of rotatable bonds is 4. The Morgan fingerprint density at radius 1 is 1.38 bits per heavy atom. The summed E-state index contributed by atoms with van der Waals surface area (Å²) >= 11 is 6.11. The van der Waals surface area contributed by atoms with Crippen molar-refractivity contribution in [2.75, 3.05) is 6.61 Å². The van der Waals surface area contributed by atoms with Crippen molar-refractivity contribution in [3.63, 3.8) is 0 Å². The summed E-state index contributed by atoms with van der Waals surface area (Å²) in [5, 5.41) is 0.638. The Hall–Kier alpha value is -1.91. The summed E-state index contributed by atoms with van der Waals surface area (Å²) in [6, 6.07) is 7.13. The molecule has 0 amide bonds. The van der Waals surface area contributed by atoms with Crippen molar-refractivity contribution in [1.29, 1.82) is 0 Å². The molecule has 2 N–H and O–H groups in total. The van der Waals surface area contributed by atoms with E-state index in [1.165, 1.54) is 0 Å². The van der Waals surface area contributed by atoms with Crippen LogP contribution in [0.5, 0.6) is 5.75 Å². The van der Waals surface area contributed by atoms with Crippen LogP contribution in [0.4, 0.5) is 0 Å². The number of nitrogens with zero attached hydrogens (tertiary/aromatic N) is 1. The predicted molar refractivity (Wildman–Crippen MR) is 80.8 cm³/mol. The van der Waals surface area contributed by atoms with Crippen molar-refractivity contribution in [3.05, 3.63) is 57.9 Å². The Balaban J connectivity index is 1.88. The maximum absolute atomic E-state index is 12.4. The smallest absolute Gasteiger partial charge is 0.167 e. The molecule has 0 atom stereocenters. The number of nitrogens with two attached hydrogens (primary N) is 1. The van der Waals surface area contributed by atoms with Crippen LogP contribution < -0.4 is 10.5 Å². The molecular formula is C16H15ClN2O2. The first-order valence-corrected chi connectivity index (χ1v) is 7.17. The lowest BCUT2D eigenvalue weighted by Gasteiger charge is -2.09. The number of aromatic nitrogens is 1. The van der Waals surface area contributed by atoms with E-state index in [1.807, 2.05) is 6.07 Å². The van der Waals surface area contributed by atoms with Crippen molar-refractivity contribution in [2.45, 2.75) is 19.4 Å². The van der Waals surface area contributed by atoms with E-state index < -0.39 is 0 Å². The second-order valence-corrected chi connectivity index (χ2v) is 5.43. The highest BCUT2D eigenvalue weighted by Gasteiger charge is 2.20. The average molecular weight is 303 g/mol. The van der Waals surface area contributed by atoms with Crippen LogP contribution in [0.2, 0.25) is 5.02 Å². The highest BCUT2D eigenvalue weighted by molar-refractivity contribution is 6.30. The van der Waals surface area contributed by atoms with E-state index in [1.54, 1.807) is 24.4 Å². The molecule has 4 nitrogen and oxygen atoms in total. The summed E-state index contributed by atoms with van der Waals surface area (Å²) in [6.45, 7) is 0.959. The first kappa shape index (κ1) is 14.0. The number of ether oxygens (including phenoxy) is 1. The number of hydrogen-bond acceptors (Lipinski definition) is 4. The molecular weight excluding hydrogens is 288 g/mol. The number of hydrogen-bond donors (Lipinski definition) is 1. The van der Waals surface area contributed by atoms with E-state index in [9.17, 15) is 4.79 Å². The lowest BCUT2D eigenvalue weighted by Crippen LogP contribution is -2.07. The van der Waals surface area contributed by atoms with E-state index in [0.717, 1.165) is 23.3 Å². The maximum atomic E-state index is 12.4. The zero-order valence-electron chi connectivity index (χ0n) is 11.4. The molecule has 108 valence electrons. The summed E-state index contributed by atoms with van der Waals surface area (Å²) < 4.78 is 5.62. The van der Waals surface area contributed by atoms with Crippen LogP contribution in [0.1, 0.15) is 27.2 Å². The quantitative estimate of drug-likeness (QED) is 0.882. The van der Waals surface area contributed by atoms with Gasteiger partial charge in [0.15, 0.2) is 5.78 Å². The molecule has 0 saturated heterocycles. The zero-order valence-corrected chi connectivity index (χ0v) is 12.2. The van der Waals surface area contributed by atoms with Crippen LogP contribution in [-0.2, 0) is 19.4 Å². The Morgan fingerprint density at radius 3 is 3.05 bits per heavy atom. The van der Waals surface area contributed by atoms with Gasteiger partial charge in [0.25, 0.3) is 0 Å². The first-order valence-electron chi connectivity index (χ1n) is 6.79. The predicted octanol–water partition coefficient (Wildman–Crippen LogP) is 2.55. The van der Waals surface area contributed by atoms with Gasteiger partial charge in [-0.2, -0.15) is 0 Å². The summed E-state index contributed by atoms with van der Waals surface area (Å²) in [5.74, 6) is 0.813. The molecule has 21 heavy (non-hydrogen) atoms. The van der Waals surface area contributed by atoms with Gasteiger partial charge in [0, 0.05) is 41.7 Å². The number of fused-ring (bicyclic) bond motifs is 1. The van der Waals surface area contributed by atoms with E-state index in [-0.39, 0.29) is 12.2 Å². The number of carbonyl (C=O) groups excluding carboxylic acids is 1. The Kier molecular flexibility index (Phi) is 3.90. The third kappa shape index (κ3) is 2.91. The minimum Gasteiger partial charge on any atom is -0.493 e. The number of pyridine rings is 1. The lowest BCUT2D eigenvalue weighted by molar-refractivity contribution is 0.0992. The number of carbonyl (C=O) groups is 1. The van der Waals surface area contributed by atoms with Crippen LogP contribution in [0.15, 0.2) is 30.5 Å². The molecule has 0 fully saturated rings. The van der Waals surface area contributed by atoms with E-state index in [2.05, 4.69) is 4.98 Å². The molecule has 5 heteroatoms. The molecule has 0 bridgehead atoms. The van der Waals surface area contributed by atoms with E-state index in [0.29, 0.717) is 29.4 Å². The van der Waals surface area contributed by atoms with Crippen molar-refractivity contribution in [1.82, 2.24) is 4.98 Å². The van der Waals surface area contributed by atoms with Gasteiger partial charge < -0.3 is 10.5 Å². The zero-order chi connectivity index (χ0) is 14.8. The van der Waals surface area contributed by atoms with Crippen molar-refractivity contribution in [2.24, 2.45) is 5.73 Å². The van der Waals surface area contributed by atoms with E-state index >= 15 is 0 Å². The van der Waals surface area contributed by atoms with Crippen molar-refractivity contribution >= 4 is 17.4 Å². The van der Waals surface area contributed by atoms with Crippen molar-refractivity contribution < 1.29 is 9.53 Å². The number of halogens is 1. The van der Waals surface area contributed by atoms with Gasteiger partial charge in [-0.25, -0.2) is 0 Å². The topological polar surface area (TPSA) is 65.2 Å². The summed E-state index contributed by atoms with van der Waals surface area (Å²) in [7, 11) is 0. The van der Waals surface area contributed by atoms with E-state index in [4.69, 9.17) is 22.1 Å². The summed E-state index contributed by atoms with van der Waals surface area (Å²) in [5.41, 5.74) is 8.78. The van der Waals surface area contributed by atoms with Gasteiger partial charge in [-0.3, -0.25) is 9.78 Å². The minimum atomic E-state index is 0.00654. The minimum absolute atomic E-state index is 0.00654. The standard InChI is InChI=1S/C16H15ClN2O2/c17-13-5-11-2-4-21-16(11)12(6-13)8-15(20)10-1-3-19-14(7-10)9-18/h1,3,5-7H,2,4,8-9,18H2. The van der Waals surface area contributed by atoms with Gasteiger partial charge in [-0.05, 0) is 29.8 Å². The number of ketones is 1. The average Bonchev–Trinajstić information content (AvgIpc) is 2.95. The van der Waals surface area contributed by atoms with Gasteiger partial charge >= 0.3 is 0 Å². The van der Waals surface area contributed by atoms with Crippen LogP contribution in [-0.4, -0.2) is 17.4 Å². The largest absolute Gasteiger partial charge is 0.493 e. The van der Waals surface area contributed by atoms with Gasteiger partial charge in [-0.1, -0.05) is 11.6 Å². The fraction of sp³-hybridized carbons (Fsp3) is 0.250. The maximum Gasteiger partial charge on any atom is 0.167 e. The Morgan fingerprint density at radius 2 is 2.24 bits per heavy atom. The Labute approximate surface area is 127 Å². The molecule has 0 aliphatic carbocycles. The monoisotopic (exact) mass is 302 g/mol. The fourth-order valence-corrected chi connectivity index (χ4v) is 2.78. The van der Waals surface area contributed by atoms with Gasteiger partial charge in [0.05, 0.1) is 12.3 Å². The molecule has 0 saturated carbocycles. The summed E-state index contributed by atoms with van der Waals surface area (Å²) in [4.78, 5) is 16.5.